The van der Waals surface area contributed by atoms with Crippen molar-refractivity contribution in [1.29, 1.82) is 0 Å². The molecular formula is C23H18N4O3S2. The zero-order valence-corrected chi connectivity index (χ0v) is 18.5. The van der Waals surface area contributed by atoms with E-state index in [4.69, 9.17) is 10.2 Å². The number of rotatable bonds is 7. The lowest BCUT2D eigenvalue weighted by Crippen LogP contribution is -2.15. The standard InChI is InChI=1S/C23H18N4O3S2/c24-19(28)9-10-27-22(18-6-3-11-31-18)25-26-23(27)32-13-15-12-20(29)30-17-8-7-14-4-1-2-5-16(14)21(15)17/h1-8,11-12H,9-10,13H2,(H2,24,28). The lowest BCUT2D eigenvalue weighted by Gasteiger charge is -2.10. The van der Waals surface area contributed by atoms with Gasteiger partial charge in [-0.3, -0.25) is 4.79 Å². The number of benzene rings is 2. The van der Waals surface area contributed by atoms with Crippen LogP contribution in [0.4, 0.5) is 0 Å². The highest BCUT2D eigenvalue weighted by Crippen LogP contribution is 2.33. The molecule has 1 amide bonds. The highest BCUT2D eigenvalue weighted by Gasteiger charge is 2.17. The maximum Gasteiger partial charge on any atom is 0.336 e. The zero-order chi connectivity index (χ0) is 22.1. The first kappa shape index (κ1) is 20.5. The number of thioether (sulfide) groups is 1. The van der Waals surface area contributed by atoms with E-state index in [-0.39, 0.29) is 12.3 Å². The molecule has 9 heteroatoms. The number of nitrogens with zero attached hydrogens (tertiary/aromatic N) is 3. The monoisotopic (exact) mass is 462 g/mol. The van der Waals surface area contributed by atoms with Crippen LogP contribution in [0.1, 0.15) is 12.0 Å². The Morgan fingerprint density at radius 3 is 2.81 bits per heavy atom. The van der Waals surface area contributed by atoms with Gasteiger partial charge in [0.2, 0.25) is 5.91 Å². The van der Waals surface area contributed by atoms with Crippen LogP contribution >= 0.6 is 23.1 Å². The van der Waals surface area contributed by atoms with E-state index in [1.54, 1.807) is 11.3 Å². The summed E-state index contributed by atoms with van der Waals surface area (Å²) < 4.78 is 7.37. The van der Waals surface area contributed by atoms with Gasteiger partial charge in [-0.2, -0.15) is 0 Å². The Morgan fingerprint density at radius 1 is 1.12 bits per heavy atom. The van der Waals surface area contributed by atoms with Crippen LogP contribution in [-0.4, -0.2) is 20.7 Å². The molecule has 7 nitrogen and oxygen atoms in total. The van der Waals surface area contributed by atoms with Gasteiger partial charge in [0.15, 0.2) is 11.0 Å². The van der Waals surface area contributed by atoms with Gasteiger partial charge in [0.1, 0.15) is 5.58 Å². The van der Waals surface area contributed by atoms with Crippen molar-refractivity contribution in [2.24, 2.45) is 5.73 Å². The molecule has 0 aliphatic carbocycles. The van der Waals surface area contributed by atoms with E-state index in [1.165, 1.54) is 17.8 Å². The van der Waals surface area contributed by atoms with Crippen molar-refractivity contribution in [2.45, 2.75) is 23.9 Å². The van der Waals surface area contributed by atoms with Crippen LogP contribution in [-0.2, 0) is 17.1 Å². The quantitative estimate of drug-likeness (QED) is 0.218. The molecule has 0 atom stereocenters. The molecule has 5 rings (SSSR count). The zero-order valence-electron chi connectivity index (χ0n) is 16.9. The van der Waals surface area contributed by atoms with Gasteiger partial charge in [0.05, 0.1) is 4.88 Å². The van der Waals surface area contributed by atoms with Crippen LogP contribution in [0.2, 0.25) is 0 Å². The number of nitrogens with two attached hydrogens (primary N) is 1. The Kier molecular flexibility index (Phi) is 5.50. The first-order chi connectivity index (χ1) is 15.6. The summed E-state index contributed by atoms with van der Waals surface area (Å²) in [5.41, 5.74) is 6.41. The molecule has 2 N–H and O–H groups in total. The fourth-order valence-electron chi connectivity index (χ4n) is 3.68. The number of amides is 1. The molecule has 0 saturated heterocycles. The first-order valence-electron chi connectivity index (χ1n) is 9.93. The number of hydrogen-bond donors (Lipinski definition) is 1. The summed E-state index contributed by atoms with van der Waals surface area (Å²) >= 11 is 3.02. The van der Waals surface area contributed by atoms with E-state index in [0.717, 1.165) is 26.6 Å². The number of primary amides is 1. The Labute approximate surface area is 190 Å². The molecule has 5 aromatic rings. The van der Waals surface area contributed by atoms with Crippen molar-refractivity contribution >= 4 is 50.7 Å². The van der Waals surface area contributed by atoms with E-state index in [0.29, 0.717) is 28.9 Å². The lowest BCUT2D eigenvalue weighted by molar-refractivity contribution is -0.118. The van der Waals surface area contributed by atoms with Crippen LogP contribution < -0.4 is 11.4 Å². The molecule has 0 unspecified atom stereocenters. The second kappa shape index (κ2) is 8.60. The molecule has 0 radical (unpaired) electrons. The molecule has 0 aliphatic rings. The van der Waals surface area contributed by atoms with Crippen LogP contribution in [0.25, 0.3) is 32.4 Å². The summed E-state index contributed by atoms with van der Waals surface area (Å²) in [6, 6.07) is 17.2. The molecular weight excluding hydrogens is 444 g/mol. The Morgan fingerprint density at radius 2 is 2.00 bits per heavy atom. The number of aromatic nitrogens is 3. The summed E-state index contributed by atoms with van der Waals surface area (Å²) in [5, 5.41) is 14.4. The third-order valence-corrected chi connectivity index (χ3v) is 6.99. The minimum Gasteiger partial charge on any atom is -0.423 e. The van der Waals surface area contributed by atoms with Crippen molar-refractivity contribution in [2.75, 3.05) is 0 Å². The second-order valence-electron chi connectivity index (χ2n) is 7.19. The minimum absolute atomic E-state index is 0.187. The molecule has 2 aromatic carbocycles. The first-order valence-corrected chi connectivity index (χ1v) is 11.8. The van der Waals surface area contributed by atoms with Gasteiger partial charge < -0.3 is 14.7 Å². The summed E-state index contributed by atoms with van der Waals surface area (Å²) in [7, 11) is 0. The predicted molar refractivity (Wildman–Crippen MR) is 127 cm³/mol. The summed E-state index contributed by atoms with van der Waals surface area (Å²) in [6.45, 7) is 0.387. The van der Waals surface area contributed by atoms with Crippen LogP contribution in [0.15, 0.2) is 74.3 Å². The SMILES string of the molecule is NC(=O)CCn1c(SCc2cc(=O)oc3ccc4ccccc4c23)nnc1-c1cccs1. The summed E-state index contributed by atoms with van der Waals surface area (Å²) in [6.07, 6.45) is 0.187. The van der Waals surface area contributed by atoms with E-state index in [2.05, 4.69) is 10.2 Å². The predicted octanol–water partition coefficient (Wildman–Crippen LogP) is 4.43. The molecule has 32 heavy (non-hydrogen) atoms. The number of hydrogen-bond acceptors (Lipinski definition) is 7. The van der Waals surface area contributed by atoms with Gasteiger partial charge in [-0.1, -0.05) is 48.2 Å². The Balaban J connectivity index is 1.54. The van der Waals surface area contributed by atoms with Crippen LogP contribution in [0, 0.1) is 0 Å². The normalized spacial score (nSPS) is 11.4. The number of fused-ring (bicyclic) bond motifs is 3. The van der Waals surface area contributed by atoms with Crippen molar-refractivity contribution in [1.82, 2.24) is 14.8 Å². The fraction of sp³-hybridized carbons (Fsp3) is 0.130. The Bertz CT molecular complexity index is 1490. The highest BCUT2D eigenvalue weighted by atomic mass is 32.2. The smallest absolute Gasteiger partial charge is 0.336 e. The van der Waals surface area contributed by atoms with Gasteiger partial charge in [-0.05, 0) is 33.8 Å². The number of carbonyl (C=O) groups is 1. The molecule has 0 bridgehead atoms. The lowest BCUT2D eigenvalue weighted by atomic mass is 10.0. The highest BCUT2D eigenvalue weighted by molar-refractivity contribution is 7.98. The Hall–Kier alpha value is -3.43. The van der Waals surface area contributed by atoms with Crippen molar-refractivity contribution in [3.05, 3.63) is 76.0 Å². The van der Waals surface area contributed by atoms with Gasteiger partial charge in [0.25, 0.3) is 0 Å². The molecule has 0 fully saturated rings. The number of carbonyl (C=O) groups excluding carboxylic acids is 1. The van der Waals surface area contributed by atoms with Gasteiger partial charge in [-0.25, -0.2) is 4.79 Å². The molecule has 0 aliphatic heterocycles. The molecule has 160 valence electrons. The third-order valence-electron chi connectivity index (χ3n) is 5.11. The van der Waals surface area contributed by atoms with Gasteiger partial charge in [-0.15, -0.1) is 21.5 Å². The summed E-state index contributed by atoms with van der Waals surface area (Å²) in [5.74, 6) is 0.812. The third kappa shape index (κ3) is 3.92. The average Bonchev–Trinajstić information content (AvgIpc) is 3.45. The van der Waals surface area contributed by atoms with E-state index >= 15 is 0 Å². The minimum atomic E-state index is -0.391. The number of thiophene rings is 1. The largest absolute Gasteiger partial charge is 0.423 e. The van der Waals surface area contributed by atoms with Crippen molar-refractivity contribution in [3.8, 4) is 10.7 Å². The molecule has 0 saturated carbocycles. The van der Waals surface area contributed by atoms with E-state index in [1.807, 2.05) is 58.5 Å². The van der Waals surface area contributed by atoms with Crippen LogP contribution in [0.5, 0.6) is 0 Å². The average molecular weight is 463 g/mol. The maximum absolute atomic E-state index is 12.2. The van der Waals surface area contributed by atoms with Gasteiger partial charge >= 0.3 is 5.63 Å². The second-order valence-corrected chi connectivity index (χ2v) is 9.08. The van der Waals surface area contributed by atoms with Crippen molar-refractivity contribution < 1.29 is 9.21 Å². The topological polar surface area (TPSA) is 104 Å². The maximum atomic E-state index is 12.2. The van der Waals surface area contributed by atoms with Crippen molar-refractivity contribution in [3.63, 3.8) is 0 Å². The fourth-order valence-corrected chi connectivity index (χ4v) is 5.35. The molecule has 0 spiro atoms. The molecule has 3 aromatic heterocycles. The van der Waals surface area contributed by atoms with Gasteiger partial charge in [0, 0.05) is 30.2 Å². The van der Waals surface area contributed by atoms with E-state index in [9.17, 15) is 9.59 Å². The summed E-state index contributed by atoms with van der Waals surface area (Å²) in [4.78, 5) is 24.6. The van der Waals surface area contributed by atoms with E-state index < -0.39 is 5.63 Å². The van der Waals surface area contributed by atoms with Crippen LogP contribution in [0.3, 0.4) is 0 Å². The molecule has 3 heterocycles.